The van der Waals surface area contributed by atoms with Gasteiger partial charge in [0.2, 0.25) is 5.91 Å². The zero-order chi connectivity index (χ0) is 61.4. The SMILES string of the molecule is CC/C=C\C/C=C\C/C=C\C/C=C\C/C=C\C/C=C\C/C=C\C/C=C\C/C=C\CCCCCCCCCCCCCC(=O)NC(COC1OC(CO)C(O)C(O)C1O)C(O)/C=C/CCCCCCCCCCCCCCCCCCCCCCC. The van der Waals surface area contributed by atoms with E-state index in [1.54, 1.807) is 6.08 Å². The molecule has 7 atom stereocenters. The van der Waals surface area contributed by atoms with E-state index in [4.69, 9.17) is 9.47 Å². The fourth-order valence-electron chi connectivity index (χ4n) is 10.6. The number of amides is 1. The normalized spacial score (nSPS) is 18.9. The van der Waals surface area contributed by atoms with E-state index in [-0.39, 0.29) is 12.5 Å². The molecule has 0 aromatic rings. The van der Waals surface area contributed by atoms with Crippen LogP contribution in [0, 0.1) is 0 Å². The number of aliphatic hydroxyl groups excluding tert-OH is 5. The largest absolute Gasteiger partial charge is 0.394 e. The minimum atomic E-state index is -1.57. The number of nitrogens with one attached hydrogen (secondary N) is 1. The van der Waals surface area contributed by atoms with Gasteiger partial charge in [0.25, 0.3) is 0 Å². The van der Waals surface area contributed by atoms with Gasteiger partial charge in [-0.1, -0.05) is 322 Å². The Morgan fingerprint density at radius 1 is 0.412 bits per heavy atom. The van der Waals surface area contributed by atoms with E-state index in [9.17, 15) is 30.3 Å². The van der Waals surface area contributed by atoms with Gasteiger partial charge >= 0.3 is 0 Å². The zero-order valence-electron chi connectivity index (χ0n) is 54.6. The van der Waals surface area contributed by atoms with Crippen LogP contribution in [0.4, 0.5) is 0 Å². The summed E-state index contributed by atoms with van der Waals surface area (Å²) in [7, 11) is 0. The van der Waals surface area contributed by atoms with Gasteiger partial charge in [-0.15, -0.1) is 0 Å². The third kappa shape index (κ3) is 52.3. The summed E-state index contributed by atoms with van der Waals surface area (Å²) in [6, 6.07) is -0.815. The first-order valence-corrected chi connectivity index (χ1v) is 35.3. The lowest BCUT2D eigenvalue weighted by Crippen LogP contribution is -2.60. The third-order valence-corrected chi connectivity index (χ3v) is 16.0. The van der Waals surface area contributed by atoms with Crippen molar-refractivity contribution in [2.75, 3.05) is 13.2 Å². The summed E-state index contributed by atoms with van der Waals surface area (Å²) in [6.45, 7) is 3.69. The van der Waals surface area contributed by atoms with Crippen LogP contribution < -0.4 is 5.32 Å². The lowest BCUT2D eigenvalue weighted by atomic mass is 9.99. The van der Waals surface area contributed by atoms with Gasteiger partial charge < -0.3 is 40.3 Å². The van der Waals surface area contributed by atoms with Crippen LogP contribution in [-0.2, 0) is 14.3 Å². The Bertz CT molecular complexity index is 1760. The van der Waals surface area contributed by atoms with Gasteiger partial charge in [-0.3, -0.25) is 4.79 Å². The first-order chi connectivity index (χ1) is 41.8. The summed E-state index contributed by atoms with van der Waals surface area (Å²) in [5.41, 5.74) is 0. The molecule has 0 spiro atoms. The minimum absolute atomic E-state index is 0.182. The van der Waals surface area contributed by atoms with Crippen LogP contribution in [0.15, 0.2) is 122 Å². The molecule has 0 radical (unpaired) electrons. The Kier molecular flexibility index (Phi) is 59.6. The van der Waals surface area contributed by atoms with Crippen molar-refractivity contribution in [3.05, 3.63) is 122 Å². The second-order valence-electron chi connectivity index (χ2n) is 23.9. The van der Waals surface area contributed by atoms with Gasteiger partial charge in [0.1, 0.15) is 24.4 Å². The number of aliphatic hydroxyl groups is 5. The number of carbonyl (C=O) groups excluding carboxylic acids is 1. The van der Waals surface area contributed by atoms with E-state index < -0.39 is 49.5 Å². The highest BCUT2D eigenvalue weighted by Crippen LogP contribution is 2.23. The zero-order valence-corrected chi connectivity index (χ0v) is 54.6. The van der Waals surface area contributed by atoms with E-state index in [0.717, 1.165) is 103 Å². The predicted molar refractivity (Wildman–Crippen MR) is 364 cm³/mol. The van der Waals surface area contributed by atoms with Crippen LogP contribution >= 0.6 is 0 Å². The molecule has 9 nitrogen and oxygen atoms in total. The lowest BCUT2D eigenvalue weighted by Gasteiger charge is -2.40. The Morgan fingerprint density at radius 2 is 0.729 bits per heavy atom. The molecule has 85 heavy (non-hydrogen) atoms. The van der Waals surface area contributed by atoms with E-state index in [1.165, 1.54) is 173 Å². The molecule has 6 N–H and O–H groups in total. The first-order valence-electron chi connectivity index (χ1n) is 35.3. The van der Waals surface area contributed by atoms with E-state index in [1.807, 2.05) is 6.08 Å². The second-order valence-corrected chi connectivity index (χ2v) is 23.9. The molecule has 1 aliphatic heterocycles. The van der Waals surface area contributed by atoms with E-state index in [0.29, 0.717) is 6.42 Å². The maximum absolute atomic E-state index is 13.1. The Morgan fingerprint density at radius 3 is 1.08 bits per heavy atom. The standard InChI is InChI=1S/C76H131NO8/c1-3-5-7-9-11-13-15-17-19-21-23-25-27-28-29-30-31-32-33-34-35-36-37-38-39-40-41-42-44-46-48-50-52-54-56-58-60-62-64-66-72(80)77-69(68-84-76-75(83)74(82)73(81)71(67-78)85-76)70(79)65-63-61-59-57-55-53-51-49-47-45-43-26-24-22-20-18-16-14-12-10-8-6-4-2/h5,7,11,13,17,19,23,25,28-29,31-32,34-35,37-38,40-41,63,65,69-71,73-76,78-79,81-83H,3-4,6,8-10,12,14-16,18,20-22,24,26-27,30,33,36,39,42-62,64,66-68H2,1-2H3,(H,77,80)/b7-5-,13-11-,19-17-,25-23-,29-28-,32-31-,35-34-,38-37-,41-40-,65-63+. The van der Waals surface area contributed by atoms with Crippen molar-refractivity contribution in [1.29, 1.82) is 0 Å². The summed E-state index contributed by atoms with van der Waals surface area (Å²) in [4.78, 5) is 13.1. The van der Waals surface area contributed by atoms with Crippen LogP contribution in [0.3, 0.4) is 0 Å². The molecule has 0 aromatic carbocycles. The van der Waals surface area contributed by atoms with E-state index in [2.05, 4.69) is 129 Å². The van der Waals surface area contributed by atoms with Crippen LogP contribution in [0.1, 0.15) is 296 Å². The highest BCUT2D eigenvalue weighted by atomic mass is 16.7. The minimum Gasteiger partial charge on any atom is -0.394 e. The van der Waals surface area contributed by atoms with Crippen molar-refractivity contribution in [2.24, 2.45) is 0 Å². The quantitative estimate of drug-likeness (QED) is 0.0261. The van der Waals surface area contributed by atoms with Crippen LogP contribution in [0.2, 0.25) is 0 Å². The van der Waals surface area contributed by atoms with Crippen LogP contribution in [-0.4, -0.2) is 87.5 Å². The second kappa shape index (κ2) is 63.6. The monoisotopic (exact) mass is 1190 g/mol. The number of rotatable bonds is 60. The molecule has 1 rings (SSSR count). The number of carbonyl (C=O) groups is 1. The van der Waals surface area contributed by atoms with Crippen molar-refractivity contribution in [3.8, 4) is 0 Å². The molecule has 1 fully saturated rings. The highest BCUT2D eigenvalue weighted by Gasteiger charge is 2.44. The molecule has 488 valence electrons. The predicted octanol–water partition coefficient (Wildman–Crippen LogP) is 19.4. The summed E-state index contributed by atoms with van der Waals surface area (Å²) < 4.78 is 11.3. The number of hydrogen-bond acceptors (Lipinski definition) is 8. The molecule has 9 heteroatoms. The summed E-state index contributed by atoms with van der Waals surface area (Å²) in [6.07, 6.45) is 88.6. The van der Waals surface area contributed by atoms with Crippen molar-refractivity contribution >= 4 is 5.91 Å². The molecule has 7 unspecified atom stereocenters. The van der Waals surface area contributed by atoms with Crippen molar-refractivity contribution < 1.29 is 39.8 Å². The number of ether oxygens (including phenoxy) is 2. The smallest absolute Gasteiger partial charge is 0.220 e. The van der Waals surface area contributed by atoms with Gasteiger partial charge in [0.15, 0.2) is 6.29 Å². The lowest BCUT2D eigenvalue weighted by molar-refractivity contribution is -0.302. The number of unbranched alkanes of at least 4 members (excludes halogenated alkanes) is 32. The Labute approximate surface area is 522 Å². The van der Waals surface area contributed by atoms with Crippen molar-refractivity contribution in [2.45, 2.75) is 339 Å². The van der Waals surface area contributed by atoms with Crippen LogP contribution in [0.5, 0.6) is 0 Å². The Hall–Kier alpha value is -3.41. The molecular weight excluding hydrogens is 1050 g/mol. The summed E-state index contributed by atoms with van der Waals surface area (Å²) >= 11 is 0. The highest BCUT2D eigenvalue weighted by molar-refractivity contribution is 5.76. The molecule has 1 saturated heterocycles. The van der Waals surface area contributed by atoms with Gasteiger partial charge in [-0.25, -0.2) is 0 Å². The van der Waals surface area contributed by atoms with Crippen molar-refractivity contribution in [1.82, 2.24) is 5.32 Å². The molecule has 0 bridgehead atoms. The molecule has 0 aliphatic carbocycles. The molecular formula is C76H131NO8. The Balaban J connectivity index is 2.14. The summed E-state index contributed by atoms with van der Waals surface area (Å²) in [5.74, 6) is -0.182. The topological polar surface area (TPSA) is 149 Å². The molecule has 1 heterocycles. The molecule has 0 aromatic heterocycles. The maximum Gasteiger partial charge on any atom is 0.220 e. The van der Waals surface area contributed by atoms with Gasteiger partial charge in [-0.2, -0.15) is 0 Å². The molecule has 1 aliphatic rings. The fourth-order valence-corrected chi connectivity index (χ4v) is 10.6. The fraction of sp³-hybridized carbons (Fsp3) is 0.724. The number of hydrogen-bond donors (Lipinski definition) is 6. The average molecular weight is 1190 g/mol. The molecule has 1 amide bonds. The average Bonchev–Trinajstić information content (AvgIpc) is 3.66. The molecule has 0 saturated carbocycles. The van der Waals surface area contributed by atoms with Crippen LogP contribution in [0.25, 0.3) is 0 Å². The summed E-state index contributed by atoms with van der Waals surface area (Å²) in [5, 5.41) is 54.8. The van der Waals surface area contributed by atoms with Crippen molar-refractivity contribution in [3.63, 3.8) is 0 Å². The van der Waals surface area contributed by atoms with Gasteiger partial charge in [0, 0.05) is 6.42 Å². The van der Waals surface area contributed by atoms with E-state index >= 15 is 0 Å². The van der Waals surface area contributed by atoms with Gasteiger partial charge in [-0.05, 0) is 89.9 Å². The third-order valence-electron chi connectivity index (χ3n) is 16.0. The maximum atomic E-state index is 13.1. The number of allylic oxidation sites excluding steroid dienone is 19. The van der Waals surface area contributed by atoms with Gasteiger partial charge in [0.05, 0.1) is 25.4 Å². The first kappa shape index (κ1) is 79.6.